The molecule has 0 N–H and O–H groups in total. The number of carbonyl (C=O) groups excluding carboxylic acids is 1. The Labute approximate surface area is 86.3 Å². The van der Waals surface area contributed by atoms with Crippen LogP contribution in [0.5, 0.6) is 0 Å². The fraction of sp³-hybridized carbons (Fsp3) is 0.750. The average molecular weight is 196 g/mol. The number of rotatable bonds is 4. The van der Waals surface area contributed by atoms with Gasteiger partial charge in [0.25, 0.3) is 0 Å². The normalized spacial score (nSPS) is 29.1. The van der Waals surface area contributed by atoms with Gasteiger partial charge >= 0.3 is 5.97 Å². The van der Waals surface area contributed by atoms with Gasteiger partial charge in [0.15, 0.2) is 0 Å². The van der Waals surface area contributed by atoms with Crippen LogP contribution in [-0.4, -0.2) is 12.6 Å². The highest BCUT2D eigenvalue weighted by atomic mass is 16.5. The molecule has 0 amide bonds. The fourth-order valence-corrected chi connectivity index (χ4v) is 1.99. The van der Waals surface area contributed by atoms with E-state index in [2.05, 4.69) is 19.9 Å². The molecule has 2 nitrogen and oxygen atoms in total. The van der Waals surface area contributed by atoms with Gasteiger partial charge in [0.1, 0.15) is 0 Å². The van der Waals surface area contributed by atoms with Crippen molar-refractivity contribution in [1.29, 1.82) is 0 Å². The highest BCUT2D eigenvalue weighted by molar-refractivity contribution is 5.78. The Hall–Kier alpha value is -0.790. The maximum atomic E-state index is 11.6. The minimum atomic E-state index is -0.0278. The molecule has 0 aliphatic heterocycles. The Morgan fingerprint density at radius 2 is 2.14 bits per heavy atom. The Morgan fingerprint density at radius 3 is 2.64 bits per heavy atom. The molecule has 80 valence electrons. The van der Waals surface area contributed by atoms with Crippen LogP contribution in [0.25, 0.3) is 0 Å². The number of esters is 1. The summed E-state index contributed by atoms with van der Waals surface area (Å²) in [6.07, 6.45) is 5.02. The van der Waals surface area contributed by atoms with E-state index in [1.165, 1.54) is 0 Å². The van der Waals surface area contributed by atoms with Crippen molar-refractivity contribution in [3.05, 3.63) is 12.2 Å². The Bertz CT molecular complexity index is 241. The monoisotopic (exact) mass is 196 g/mol. The van der Waals surface area contributed by atoms with Gasteiger partial charge in [-0.3, -0.25) is 4.79 Å². The van der Waals surface area contributed by atoms with E-state index >= 15 is 0 Å². The van der Waals surface area contributed by atoms with Gasteiger partial charge in [-0.25, -0.2) is 0 Å². The quantitative estimate of drug-likeness (QED) is 0.510. The smallest absolute Gasteiger partial charge is 0.310 e. The van der Waals surface area contributed by atoms with Crippen LogP contribution in [-0.2, 0) is 9.53 Å². The van der Waals surface area contributed by atoms with Gasteiger partial charge in [-0.2, -0.15) is 0 Å². The van der Waals surface area contributed by atoms with Crippen molar-refractivity contribution in [2.24, 2.45) is 17.3 Å². The first-order valence-corrected chi connectivity index (χ1v) is 5.35. The van der Waals surface area contributed by atoms with Crippen LogP contribution in [0.15, 0.2) is 12.2 Å². The average Bonchev–Trinajstić information content (AvgIpc) is 2.65. The van der Waals surface area contributed by atoms with Crippen molar-refractivity contribution in [1.82, 2.24) is 0 Å². The van der Waals surface area contributed by atoms with Crippen molar-refractivity contribution in [2.45, 2.75) is 34.1 Å². The van der Waals surface area contributed by atoms with Gasteiger partial charge in [0.2, 0.25) is 0 Å². The van der Waals surface area contributed by atoms with Crippen molar-refractivity contribution in [2.75, 3.05) is 6.61 Å². The Balaban J connectivity index is 2.50. The molecule has 0 bridgehead atoms. The predicted molar refractivity (Wildman–Crippen MR) is 56.8 cm³/mol. The summed E-state index contributed by atoms with van der Waals surface area (Å²) in [7, 11) is 0. The molecular weight excluding hydrogens is 176 g/mol. The van der Waals surface area contributed by atoms with E-state index in [1.54, 1.807) is 0 Å². The summed E-state index contributed by atoms with van der Waals surface area (Å²) in [6, 6.07) is 0. The summed E-state index contributed by atoms with van der Waals surface area (Å²) in [4.78, 5) is 11.6. The summed E-state index contributed by atoms with van der Waals surface area (Å²) in [5, 5.41) is 0. The fourth-order valence-electron chi connectivity index (χ4n) is 1.99. The summed E-state index contributed by atoms with van der Waals surface area (Å²) < 4.78 is 5.15. The van der Waals surface area contributed by atoms with Gasteiger partial charge < -0.3 is 4.74 Å². The lowest BCUT2D eigenvalue weighted by molar-refractivity contribution is -0.146. The minimum Gasteiger partial charge on any atom is -0.465 e. The van der Waals surface area contributed by atoms with Crippen LogP contribution >= 0.6 is 0 Å². The van der Waals surface area contributed by atoms with E-state index < -0.39 is 0 Å². The molecule has 1 saturated carbocycles. The SMILES string of the molecule is C/C=C/C1C(C(=O)OCCC)C1(C)C. The maximum Gasteiger partial charge on any atom is 0.310 e. The van der Waals surface area contributed by atoms with Gasteiger partial charge in [-0.05, 0) is 24.7 Å². The molecule has 0 heterocycles. The topological polar surface area (TPSA) is 26.3 Å². The summed E-state index contributed by atoms with van der Waals surface area (Å²) in [5.74, 6) is 0.419. The van der Waals surface area contributed by atoms with Crippen LogP contribution in [0.1, 0.15) is 34.1 Å². The molecule has 0 aromatic rings. The molecule has 14 heavy (non-hydrogen) atoms. The number of ether oxygens (including phenoxy) is 1. The maximum absolute atomic E-state index is 11.6. The highest BCUT2D eigenvalue weighted by Crippen LogP contribution is 2.59. The molecule has 0 aromatic heterocycles. The molecule has 1 aliphatic carbocycles. The highest BCUT2D eigenvalue weighted by Gasteiger charge is 2.61. The summed E-state index contributed by atoms with van der Waals surface area (Å²) >= 11 is 0. The molecule has 2 unspecified atom stereocenters. The largest absolute Gasteiger partial charge is 0.465 e. The van der Waals surface area contributed by atoms with E-state index in [-0.39, 0.29) is 17.3 Å². The first-order chi connectivity index (χ1) is 6.55. The number of carbonyl (C=O) groups is 1. The van der Waals surface area contributed by atoms with Gasteiger partial charge in [-0.1, -0.05) is 32.9 Å². The molecule has 0 spiro atoms. The number of hydrogen-bond donors (Lipinski definition) is 0. The molecule has 2 atom stereocenters. The van der Waals surface area contributed by atoms with Crippen LogP contribution in [0, 0.1) is 17.3 Å². The van der Waals surface area contributed by atoms with E-state index in [0.29, 0.717) is 12.5 Å². The standard InChI is InChI=1S/C12H20O2/c1-5-7-9-10(12(9,3)4)11(13)14-8-6-2/h5,7,9-10H,6,8H2,1-4H3/b7-5+. The predicted octanol–water partition coefficient (Wildman–Crippen LogP) is 2.79. The lowest BCUT2D eigenvalue weighted by atomic mass is 10.1. The summed E-state index contributed by atoms with van der Waals surface area (Å²) in [5.41, 5.74) is 0.0946. The number of hydrogen-bond acceptors (Lipinski definition) is 2. The lowest BCUT2D eigenvalue weighted by Gasteiger charge is -2.03. The van der Waals surface area contributed by atoms with E-state index in [0.717, 1.165) is 6.42 Å². The van der Waals surface area contributed by atoms with Crippen LogP contribution in [0.2, 0.25) is 0 Å². The van der Waals surface area contributed by atoms with Crippen LogP contribution < -0.4 is 0 Å². The molecule has 0 saturated heterocycles. The van der Waals surface area contributed by atoms with Gasteiger partial charge in [-0.15, -0.1) is 0 Å². The van der Waals surface area contributed by atoms with Crippen LogP contribution in [0.4, 0.5) is 0 Å². The van der Waals surface area contributed by atoms with Gasteiger partial charge in [0, 0.05) is 0 Å². The molecule has 2 heteroatoms. The molecule has 0 aromatic carbocycles. The molecule has 1 fully saturated rings. The first kappa shape index (κ1) is 11.3. The van der Waals surface area contributed by atoms with E-state index in [4.69, 9.17) is 4.74 Å². The number of allylic oxidation sites excluding steroid dienone is 2. The van der Waals surface area contributed by atoms with E-state index in [1.807, 2.05) is 19.9 Å². The second-order valence-electron chi connectivity index (χ2n) is 4.52. The van der Waals surface area contributed by atoms with Crippen molar-refractivity contribution >= 4 is 5.97 Å². The van der Waals surface area contributed by atoms with Crippen molar-refractivity contribution in [3.8, 4) is 0 Å². The Kier molecular flexibility index (Phi) is 3.35. The zero-order valence-electron chi connectivity index (χ0n) is 9.54. The van der Waals surface area contributed by atoms with E-state index in [9.17, 15) is 4.79 Å². The van der Waals surface area contributed by atoms with Crippen molar-refractivity contribution < 1.29 is 9.53 Å². The molecule has 0 radical (unpaired) electrons. The van der Waals surface area contributed by atoms with Gasteiger partial charge in [0.05, 0.1) is 12.5 Å². The first-order valence-electron chi connectivity index (χ1n) is 5.35. The summed E-state index contributed by atoms with van der Waals surface area (Å²) in [6.45, 7) is 8.79. The molecule has 1 rings (SSSR count). The lowest BCUT2D eigenvalue weighted by Crippen LogP contribution is -2.11. The van der Waals surface area contributed by atoms with Crippen molar-refractivity contribution in [3.63, 3.8) is 0 Å². The molecule has 1 aliphatic rings. The third kappa shape index (κ3) is 1.99. The molecular formula is C12H20O2. The second kappa shape index (κ2) is 4.16. The second-order valence-corrected chi connectivity index (χ2v) is 4.52. The minimum absolute atomic E-state index is 0.0278. The third-order valence-corrected chi connectivity index (χ3v) is 3.01. The Morgan fingerprint density at radius 1 is 1.50 bits per heavy atom. The third-order valence-electron chi connectivity index (χ3n) is 3.01. The zero-order chi connectivity index (χ0) is 10.8. The zero-order valence-corrected chi connectivity index (χ0v) is 9.54. The van der Waals surface area contributed by atoms with Crippen LogP contribution in [0.3, 0.4) is 0 Å².